The van der Waals surface area contributed by atoms with Crippen LogP contribution < -0.4 is 5.32 Å². The molecule has 2 atom stereocenters. The van der Waals surface area contributed by atoms with Gasteiger partial charge in [0.2, 0.25) is 5.91 Å². The van der Waals surface area contributed by atoms with Crippen molar-refractivity contribution in [2.24, 2.45) is 5.92 Å². The van der Waals surface area contributed by atoms with Crippen molar-refractivity contribution >= 4 is 17.5 Å². The van der Waals surface area contributed by atoms with Gasteiger partial charge in [-0.05, 0) is 42.9 Å². The summed E-state index contributed by atoms with van der Waals surface area (Å²) in [5.74, 6) is 0.936. The Morgan fingerprint density at radius 1 is 1.30 bits per heavy atom. The Balaban J connectivity index is 1.81. The quantitative estimate of drug-likeness (QED) is 0.923. The third-order valence-electron chi connectivity index (χ3n) is 4.53. The molecule has 4 heteroatoms. The van der Waals surface area contributed by atoms with Gasteiger partial charge in [0.15, 0.2) is 0 Å². The van der Waals surface area contributed by atoms with E-state index in [1.165, 1.54) is 19.3 Å². The van der Waals surface area contributed by atoms with E-state index in [-0.39, 0.29) is 18.1 Å². The molecule has 2 unspecified atom stereocenters. The minimum absolute atomic E-state index is 0.00492. The van der Waals surface area contributed by atoms with E-state index in [0.717, 1.165) is 23.6 Å². The molecule has 2 aliphatic rings. The van der Waals surface area contributed by atoms with Crippen LogP contribution in [0.15, 0.2) is 24.3 Å². The molecule has 1 aliphatic carbocycles. The van der Waals surface area contributed by atoms with Crippen LogP contribution in [-0.2, 0) is 4.79 Å². The molecule has 1 aliphatic heterocycles. The number of hydrogen-bond acceptors (Lipinski definition) is 2. The third kappa shape index (κ3) is 2.57. The summed E-state index contributed by atoms with van der Waals surface area (Å²) in [7, 11) is 0. The van der Waals surface area contributed by atoms with Gasteiger partial charge in [-0.15, -0.1) is 0 Å². The fraction of sp³-hybridized carbons (Fsp3) is 0.562. The maximum absolute atomic E-state index is 12.5. The zero-order valence-corrected chi connectivity index (χ0v) is 12.6. The van der Waals surface area contributed by atoms with Gasteiger partial charge < -0.3 is 4.90 Å². The van der Waals surface area contributed by atoms with Crippen LogP contribution in [0.5, 0.6) is 0 Å². The van der Waals surface area contributed by atoms with Gasteiger partial charge in [-0.2, -0.15) is 0 Å². The summed E-state index contributed by atoms with van der Waals surface area (Å²) >= 11 is 5.95. The van der Waals surface area contributed by atoms with Crippen molar-refractivity contribution in [2.45, 2.75) is 44.8 Å². The van der Waals surface area contributed by atoms with E-state index in [1.807, 2.05) is 29.2 Å². The molecule has 0 aromatic heterocycles. The Morgan fingerprint density at radius 3 is 2.55 bits per heavy atom. The lowest BCUT2D eigenvalue weighted by molar-refractivity contribution is -0.131. The van der Waals surface area contributed by atoms with Crippen LogP contribution in [0.4, 0.5) is 0 Å². The molecular weight excluding hydrogens is 272 g/mol. The standard InChI is InChI=1S/C16H21ClN2O/c1-2-14-16(20)19(10-11-4-3-5-11)15(18-14)12-6-8-13(17)9-7-12/h6-9,11,14-15,18H,2-5,10H2,1H3. The summed E-state index contributed by atoms with van der Waals surface area (Å²) in [6, 6.07) is 7.77. The molecule has 108 valence electrons. The summed E-state index contributed by atoms with van der Waals surface area (Å²) in [6.07, 6.45) is 4.67. The zero-order chi connectivity index (χ0) is 14.1. The van der Waals surface area contributed by atoms with Crippen molar-refractivity contribution < 1.29 is 4.79 Å². The smallest absolute Gasteiger partial charge is 0.241 e. The Kier molecular flexibility index (Phi) is 3.99. The average molecular weight is 293 g/mol. The minimum Gasteiger partial charge on any atom is -0.321 e. The van der Waals surface area contributed by atoms with Crippen molar-refractivity contribution in [1.29, 1.82) is 0 Å². The lowest BCUT2D eigenvalue weighted by atomic mass is 9.85. The number of amides is 1. The molecular formula is C16H21ClN2O. The molecule has 1 saturated carbocycles. The van der Waals surface area contributed by atoms with E-state index in [1.54, 1.807) is 0 Å². The zero-order valence-electron chi connectivity index (χ0n) is 11.8. The van der Waals surface area contributed by atoms with Crippen molar-refractivity contribution in [3.63, 3.8) is 0 Å². The first-order valence-corrected chi connectivity index (χ1v) is 7.89. The molecule has 20 heavy (non-hydrogen) atoms. The fourth-order valence-electron chi connectivity index (χ4n) is 3.04. The first kappa shape index (κ1) is 13.9. The Labute approximate surface area is 125 Å². The molecule has 1 amide bonds. The maximum Gasteiger partial charge on any atom is 0.241 e. The van der Waals surface area contributed by atoms with E-state index in [0.29, 0.717) is 5.92 Å². The molecule has 2 fully saturated rings. The van der Waals surface area contributed by atoms with Gasteiger partial charge in [-0.25, -0.2) is 0 Å². The largest absolute Gasteiger partial charge is 0.321 e. The van der Waals surface area contributed by atoms with Crippen LogP contribution in [-0.4, -0.2) is 23.4 Å². The molecule has 1 aromatic rings. The topological polar surface area (TPSA) is 32.3 Å². The van der Waals surface area contributed by atoms with E-state index in [4.69, 9.17) is 11.6 Å². The lowest BCUT2D eigenvalue weighted by Gasteiger charge is -2.33. The van der Waals surface area contributed by atoms with Crippen LogP contribution in [0.25, 0.3) is 0 Å². The molecule has 1 saturated heterocycles. The number of halogens is 1. The van der Waals surface area contributed by atoms with Gasteiger partial charge >= 0.3 is 0 Å². The molecule has 0 bridgehead atoms. The van der Waals surface area contributed by atoms with Gasteiger partial charge in [0, 0.05) is 11.6 Å². The minimum atomic E-state index is -0.0456. The van der Waals surface area contributed by atoms with E-state index < -0.39 is 0 Å². The van der Waals surface area contributed by atoms with Gasteiger partial charge in [0.25, 0.3) is 0 Å². The highest BCUT2D eigenvalue weighted by atomic mass is 35.5. The second kappa shape index (κ2) is 5.74. The number of hydrogen-bond donors (Lipinski definition) is 1. The van der Waals surface area contributed by atoms with Crippen molar-refractivity contribution in [3.8, 4) is 0 Å². The number of carbonyl (C=O) groups excluding carboxylic acids is 1. The molecule has 0 radical (unpaired) electrons. The number of rotatable bonds is 4. The van der Waals surface area contributed by atoms with Gasteiger partial charge in [0.05, 0.1) is 6.04 Å². The molecule has 1 N–H and O–H groups in total. The second-order valence-corrected chi connectivity index (χ2v) is 6.31. The van der Waals surface area contributed by atoms with Crippen molar-refractivity contribution in [3.05, 3.63) is 34.9 Å². The molecule has 0 spiro atoms. The summed E-state index contributed by atoms with van der Waals surface area (Å²) in [6.45, 7) is 2.94. The van der Waals surface area contributed by atoms with E-state index in [9.17, 15) is 4.79 Å². The van der Waals surface area contributed by atoms with Gasteiger partial charge in [0.1, 0.15) is 6.17 Å². The van der Waals surface area contributed by atoms with E-state index in [2.05, 4.69) is 12.2 Å². The monoisotopic (exact) mass is 292 g/mol. The molecule has 1 aromatic carbocycles. The lowest BCUT2D eigenvalue weighted by Crippen LogP contribution is -2.37. The SMILES string of the molecule is CCC1NC(c2ccc(Cl)cc2)N(CC2CCC2)C1=O. The summed E-state index contributed by atoms with van der Waals surface area (Å²) in [5, 5.41) is 4.20. The summed E-state index contributed by atoms with van der Waals surface area (Å²) in [4.78, 5) is 14.5. The summed E-state index contributed by atoms with van der Waals surface area (Å²) in [5.41, 5.74) is 1.12. The fourth-order valence-corrected chi connectivity index (χ4v) is 3.17. The normalized spacial score (nSPS) is 26.9. The maximum atomic E-state index is 12.5. The number of benzene rings is 1. The predicted molar refractivity (Wildman–Crippen MR) is 80.5 cm³/mol. The van der Waals surface area contributed by atoms with Crippen molar-refractivity contribution in [2.75, 3.05) is 6.54 Å². The van der Waals surface area contributed by atoms with Crippen LogP contribution in [0, 0.1) is 5.92 Å². The Hall–Kier alpha value is -1.06. The highest BCUT2D eigenvalue weighted by Gasteiger charge is 2.40. The van der Waals surface area contributed by atoms with Gasteiger partial charge in [-0.1, -0.05) is 37.1 Å². The van der Waals surface area contributed by atoms with Crippen LogP contribution in [0.2, 0.25) is 5.02 Å². The number of nitrogens with zero attached hydrogens (tertiary/aromatic N) is 1. The number of carbonyl (C=O) groups is 1. The Morgan fingerprint density at radius 2 is 2.00 bits per heavy atom. The van der Waals surface area contributed by atoms with Crippen molar-refractivity contribution in [1.82, 2.24) is 10.2 Å². The first-order chi connectivity index (χ1) is 9.69. The Bertz CT molecular complexity index is 484. The highest BCUT2D eigenvalue weighted by Crippen LogP contribution is 2.33. The van der Waals surface area contributed by atoms with Crippen LogP contribution in [0.3, 0.4) is 0 Å². The van der Waals surface area contributed by atoms with Crippen LogP contribution >= 0.6 is 11.6 Å². The highest BCUT2D eigenvalue weighted by molar-refractivity contribution is 6.30. The molecule has 1 heterocycles. The van der Waals surface area contributed by atoms with E-state index >= 15 is 0 Å². The van der Waals surface area contributed by atoms with Gasteiger partial charge in [-0.3, -0.25) is 10.1 Å². The first-order valence-electron chi connectivity index (χ1n) is 7.51. The van der Waals surface area contributed by atoms with Crippen LogP contribution in [0.1, 0.15) is 44.3 Å². The third-order valence-corrected chi connectivity index (χ3v) is 4.78. The molecule has 3 rings (SSSR count). The predicted octanol–water partition coefficient (Wildman–Crippen LogP) is 3.35. The molecule has 3 nitrogen and oxygen atoms in total. The second-order valence-electron chi connectivity index (χ2n) is 5.87. The number of nitrogens with one attached hydrogen (secondary N) is 1. The average Bonchev–Trinajstić information content (AvgIpc) is 2.71. The summed E-state index contributed by atoms with van der Waals surface area (Å²) < 4.78 is 0.